The van der Waals surface area contributed by atoms with Crippen LogP contribution in [0, 0.1) is 17.8 Å². The van der Waals surface area contributed by atoms with E-state index in [0.29, 0.717) is 24.9 Å². The van der Waals surface area contributed by atoms with E-state index in [1.54, 1.807) is 4.90 Å². The van der Waals surface area contributed by atoms with Crippen molar-refractivity contribution in [1.29, 1.82) is 0 Å². The van der Waals surface area contributed by atoms with Crippen LogP contribution < -0.4 is 5.32 Å². The van der Waals surface area contributed by atoms with E-state index >= 15 is 0 Å². The minimum absolute atomic E-state index is 0.0658. The number of carboxylic acids is 1. The molecule has 18 heavy (non-hydrogen) atoms. The van der Waals surface area contributed by atoms with E-state index in [1.165, 1.54) is 0 Å². The summed E-state index contributed by atoms with van der Waals surface area (Å²) in [6.45, 7) is 9.41. The zero-order chi connectivity index (χ0) is 13.9. The first-order valence-electron chi connectivity index (χ1n) is 6.65. The number of rotatable bonds is 4. The molecule has 1 heterocycles. The second-order valence-corrected chi connectivity index (χ2v) is 5.51. The van der Waals surface area contributed by atoms with Crippen molar-refractivity contribution in [1.82, 2.24) is 10.2 Å². The van der Waals surface area contributed by atoms with E-state index in [2.05, 4.69) is 19.2 Å². The van der Waals surface area contributed by atoms with Crippen LogP contribution in [-0.4, -0.2) is 41.1 Å². The van der Waals surface area contributed by atoms with Crippen LogP contribution in [0.5, 0.6) is 0 Å². The van der Waals surface area contributed by atoms with Crippen molar-refractivity contribution < 1.29 is 14.7 Å². The van der Waals surface area contributed by atoms with Crippen LogP contribution in [0.1, 0.15) is 34.1 Å². The van der Waals surface area contributed by atoms with Gasteiger partial charge in [0, 0.05) is 13.1 Å². The first-order valence-corrected chi connectivity index (χ1v) is 6.65. The smallest absolute Gasteiger partial charge is 0.326 e. The van der Waals surface area contributed by atoms with Crippen molar-refractivity contribution in [2.75, 3.05) is 13.1 Å². The minimum atomic E-state index is -0.960. The van der Waals surface area contributed by atoms with Gasteiger partial charge in [0.25, 0.3) is 0 Å². The SMILES string of the molecule is CCC(C)C(NC(=O)N1CC(C)C(C)C1)C(=O)O. The Bertz CT molecular complexity index is 309. The first-order chi connectivity index (χ1) is 8.36. The zero-order valence-electron chi connectivity index (χ0n) is 11.6. The van der Waals surface area contributed by atoms with Crippen molar-refractivity contribution in [2.24, 2.45) is 17.8 Å². The summed E-state index contributed by atoms with van der Waals surface area (Å²) < 4.78 is 0. The topological polar surface area (TPSA) is 69.6 Å². The van der Waals surface area contributed by atoms with Gasteiger partial charge in [-0.2, -0.15) is 0 Å². The highest BCUT2D eigenvalue weighted by Gasteiger charge is 2.32. The summed E-state index contributed by atoms with van der Waals surface area (Å²) in [7, 11) is 0. The van der Waals surface area contributed by atoms with Crippen molar-refractivity contribution >= 4 is 12.0 Å². The molecule has 0 saturated carbocycles. The summed E-state index contributed by atoms with van der Waals surface area (Å²) >= 11 is 0. The molecule has 4 unspecified atom stereocenters. The molecule has 5 nitrogen and oxygen atoms in total. The standard InChI is InChI=1S/C13H24N2O3/c1-5-8(2)11(12(16)17)14-13(18)15-6-9(3)10(4)7-15/h8-11H,5-7H2,1-4H3,(H,14,18)(H,16,17). The molecule has 1 rings (SSSR count). The molecule has 0 spiro atoms. The number of hydrogen-bond donors (Lipinski definition) is 2. The van der Waals surface area contributed by atoms with Crippen molar-refractivity contribution in [3.63, 3.8) is 0 Å². The Morgan fingerprint density at radius 1 is 1.33 bits per heavy atom. The van der Waals surface area contributed by atoms with Crippen molar-refractivity contribution in [2.45, 2.75) is 40.2 Å². The fourth-order valence-electron chi connectivity index (χ4n) is 2.20. The highest BCUT2D eigenvalue weighted by molar-refractivity contribution is 5.83. The molecular formula is C13H24N2O3. The normalized spacial score (nSPS) is 26.8. The Balaban J connectivity index is 2.60. The van der Waals surface area contributed by atoms with E-state index < -0.39 is 12.0 Å². The number of aliphatic carboxylic acids is 1. The molecular weight excluding hydrogens is 232 g/mol. The van der Waals surface area contributed by atoms with Crippen LogP contribution >= 0.6 is 0 Å². The number of hydrogen-bond acceptors (Lipinski definition) is 2. The van der Waals surface area contributed by atoms with Gasteiger partial charge in [0.1, 0.15) is 6.04 Å². The van der Waals surface area contributed by atoms with Gasteiger partial charge in [-0.25, -0.2) is 9.59 Å². The van der Waals surface area contributed by atoms with Crippen molar-refractivity contribution in [3.8, 4) is 0 Å². The summed E-state index contributed by atoms with van der Waals surface area (Å²) in [5, 5.41) is 11.8. The van der Waals surface area contributed by atoms with Gasteiger partial charge in [-0.1, -0.05) is 34.1 Å². The number of urea groups is 1. The van der Waals surface area contributed by atoms with Gasteiger partial charge >= 0.3 is 12.0 Å². The maximum Gasteiger partial charge on any atom is 0.326 e. The molecule has 1 fully saturated rings. The van der Waals surface area contributed by atoms with E-state index in [0.717, 1.165) is 6.42 Å². The Labute approximate surface area is 109 Å². The monoisotopic (exact) mass is 256 g/mol. The maximum atomic E-state index is 12.0. The van der Waals surface area contributed by atoms with Gasteiger partial charge in [0.05, 0.1) is 0 Å². The van der Waals surface area contributed by atoms with Gasteiger partial charge in [-0.05, 0) is 17.8 Å². The average Bonchev–Trinajstić information content (AvgIpc) is 2.65. The second-order valence-electron chi connectivity index (χ2n) is 5.51. The predicted molar refractivity (Wildman–Crippen MR) is 69.3 cm³/mol. The fraction of sp³-hybridized carbons (Fsp3) is 0.846. The molecule has 1 saturated heterocycles. The van der Waals surface area contributed by atoms with Crippen LogP contribution in [0.25, 0.3) is 0 Å². The van der Waals surface area contributed by atoms with Gasteiger partial charge in [-0.15, -0.1) is 0 Å². The first kappa shape index (κ1) is 14.8. The summed E-state index contributed by atoms with van der Waals surface area (Å²) in [5.41, 5.74) is 0. The van der Waals surface area contributed by atoms with E-state index in [-0.39, 0.29) is 11.9 Å². The van der Waals surface area contributed by atoms with E-state index in [9.17, 15) is 9.59 Å². The molecule has 2 N–H and O–H groups in total. The third-order valence-corrected chi connectivity index (χ3v) is 4.03. The number of likely N-dealkylation sites (tertiary alicyclic amines) is 1. The Morgan fingerprint density at radius 2 is 1.83 bits per heavy atom. The zero-order valence-corrected chi connectivity index (χ0v) is 11.6. The number of amides is 2. The Hall–Kier alpha value is -1.26. The largest absolute Gasteiger partial charge is 0.480 e. The number of carbonyl (C=O) groups is 2. The maximum absolute atomic E-state index is 12.0. The number of nitrogens with zero attached hydrogens (tertiary/aromatic N) is 1. The second kappa shape index (κ2) is 6.07. The lowest BCUT2D eigenvalue weighted by Gasteiger charge is -2.24. The van der Waals surface area contributed by atoms with Gasteiger partial charge < -0.3 is 15.3 Å². The van der Waals surface area contributed by atoms with Crippen LogP contribution in [0.3, 0.4) is 0 Å². The lowest BCUT2D eigenvalue weighted by atomic mass is 9.99. The molecule has 0 aliphatic carbocycles. The minimum Gasteiger partial charge on any atom is -0.480 e. The average molecular weight is 256 g/mol. The summed E-state index contributed by atoms with van der Waals surface area (Å²) in [6.07, 6.45) is 0.726. The highest BCUT2D eigenvalue weighted by atomic mass is 16.4. The van der Waals surface area contributed by atoms with Crippen LogP contribution in [0.2, 0.25) is 0 Å². The van der Waals surface area contributed by atoms with Gasteiger partial charge in [0.2, 0.25) is 0 Å². The third kappa shape index (κ3) is 3.37. The molecule has 2 amide bonds. The summed E-state index contributed by atoms with van der Waals surface area (Å²) in [5.74, 6) is -0.0767. The highest BCUT2D eigenvalue weighted by Crippen LogP contribution is 2.22. The van der Waals surface area contributed by atoms with E-state index in [4.69, 9.17) is 5.11 Å². The third-order valence-electron chi connectivity index (χ3n) is 4.03. The van der Waals surface area contributed by atoms with Crippen LogP contribution in [-0.2, 0) is 4.79 Å². The summed E-state index contributed by atoms with van der Waals surface area (Å²) in [4.78, 5) is 24.9. The molecule has 1 aliphatic heterocycles. The Morgan fingerprint density at radius 3 is 2.22 bits per heavy atom. The van der Waals surface area contributed by atoms with E-state index in [1.807, 2.05) is 13.8 Å². The molecule has 104 valence electrons. The molecule has 0 aromatic heterocycles. The van der Waals surface area contributed by atoms with Gasteiger partial charge in [0.15, 0.2) is 0 Å². The molecule has 0 aromatic carbocycles. The van der Waals surface area contributed by atoms with Gasteiger partial charge in [-0.3, -0.25) is 0 Å². The fourth-order valence-corrected chi connectivity index (χ4v) is 2.20. The molecule has 1 aliphatic rings. The van der Waals surface area contributed by atoms with Crippen molar-refractivity contribution in [3.05, 3.63) is 0 Å². The molecule has 5 heteroatoms. The number of nitrogens with one attached hydrogen (secondary N) is 1. The Kier molecular flexibility index (Phi) is 4.99. The summed E-state index contributed by atoms with van der Waals surface area (Å²) in [6, 6.07) is -1.05. The number of carboxylic acid groups (broad SMARTS) is 1. The molecule has 4 atom stereocenters. The molecule has 0 radical (unpaired) electrons. The molecule has 0 aromatic rings. The van der Waals surface area contributed by atoms with Crippen LogP contribution in [0.15, 0.2) is 0 Å². The van der Waals surface area contributed by atoms with Crippen LogP contribution in [0.4, 0.5) is 4.79 Å². The number of carbonyl (C=O) groups excluding carboxylic acids is 1. The quantitative estimate of drug-likeness (QED) is 0.805. The lowest BCUT2D eigenvalue weighted by molar-refractivity contribution is -0.140. The molecule has 0 bridgehead atoms. The predicted octanol–water partition coefficient (Wildman–Crippen LogP) is 1.78. The lowest BCUT2D eigenvalue weighted by Crippen LogP contribution is -2.50.